The predicted molar refractivity (Wildman–Crippen MR) is 90.1 cm³/mol. The summed E-state index contributed by atoms with van der Waals surface area (Å²) in [5.74, 6) is -0.915. The summed E-state index contributed by atoms with van der Waals surface area (Å²) in [6.07, 6.45) is -4.81. The van der Waals surface area contributed by atoms with E-state index >= 15 is 0 Å². The summed E-state index contributed by atoms with van der Waals surface area (Å²) >= 11 is 0. The van der Waals surface area contributed by atoms with Gasteiger partial charge < -0.3 is 19.2 Å². The highest BCUT2D eigenvalue weighted by Gasteiger charge is 2.31. The van der Waals surface area contributed by atoms with E-state index in [9.17, 15) is 22.8 Å². The second-order valence-corrected chi connectivity index (χ2v) is 5.38. The summed E-state index contributed by atoms with van der Waals surface area (Å²) in [7, 11) is 1.46. The van der Waals surface area contributed by atoms with Crippen molar-refractivity contribution in [3.63, 3.8) is 0 Å². The summed E-state index contributed by atoms with van der Waals surface area (Å²) in [6, 6.07) is 10.6. The van der Waals surface area contributed by atoms with Crippen molar-refractivity contribution in [2.24, 2.45) is 0 Å². The number of amides is 1. The fourth-order valence-corrected chi connectivity index (χ4v) is 2.34. The van der Waals surface area contributed by atoms with Gasteiger partial charge in [0.05, 0.1) is 12.5 Å². The van der Waals surface area contributed by atoms with E-state index in [0.29, 0.717) is 11.1 Å². The Morgan fingerprint density at radius 2 is 1.70 bits per heavy atom. The summed E-state index contributed by atoms with van der Waals surface area (Å²) in [5.41, 5.74) is -0.503. The van der Waals surface area contributed by atoms with E-state index in [0.717, 1.165) is 12.1 Å². The Morgan fingerprint density at radius 3 is 2.33 bits per heavy atom. The number of alkyl halides is 3. The first-order valence-electron chi connectivity index (χ1n) is 7.54. The van der Waals surface area contributed by atoms with Crippen molar-refractivity contribution in [1.82, 2.24) is 0 Å². The van der Waals surface area contributed by atoms with Gasteiger partial charge in [0.25, 0.3) is 5.91 Å². The number of carbonyl (C=O) groups is 1. The molecule has 0 radical (unpaired) electrons. The number of hydrogen-bond donors (Lipinski definition) is 1. The molecular formula is C18H12F3NO5. The lowest BCUT2D eigenvalue weighted by atomic mass is 10.1. The third-order valence-corrected chi connectivity index (χ3v) is 3.54. The van der Waals surface area contributed by atoms with Crippen LogP contribution in [0.1, 0.15) is 10.6 Å². The van der Waals surface area contributed by atoms with Crippen molar-refractivity contribution in [3.8, 4) is 11.5 Å². The van der Waals surface area contributed by atoms with E-state index < -0.39 is 23.6 Å². The van der Waals surface area contributed by atoms with Gasteiger partial charge in [0.15, 0.2) is 5.76 Å². The molecule has 3 rings (SSSR count). The lowest BCUT2D eigenvalue weighted by Gasteiger charge is -2.10. The number of hydrogen-bond acceptors (Lipinski definition) is 5. The number of carbonyl (C=O) groups excluding carboxylic acids is 1. The fraction of sp³-hybridized carbons (Fsp3) is 0.111. The highest BCUT2D eigenvalue weighted by Crippen LogP contribution is 2.24. The Kier molecular flexibility index (Phi) is 4.76. The maximum absolute atomic E-state index is 12.3. The molecule has 0 saturated carbocycles. The van der Waals surface area contributed by atoms with Crippen LogP contribution in [-0.2, 0) is 0 Å². The molecule has 0 aliphatic carbocycles. The Labute approximate surface area is 150 Å². The number of anilines is 1. The smallest absolute Gasteiger partial charge is 0.497 e. The van der Waals surface area contributed by atoms with Gasteiger partial charge in [-0.05, 0) is 53.9 Å². The average Bonchev–Trinajstić information content (AvgIpc) is 2.61. The standard InChI is InChI=1S/C18H12F3NO5/c1-25-13-6-7-14-10(8-13)9-15(26-17(14)24)16(23)22-11-2-4-12(5-3-11)27-18(19,20)21/h2-9H,1H3,(H,22,23). The van der Waals surface area contributed by atoms with Gasteiger partial charge in [0.1, 0.15) is 11.5 Å². The van der Waals surface area contributed by atoms with E-state index in [1.54, 1.807) is 12.1 Å². The van der Waals surface area contributed by atoms with E-state index in [1.807, 2.05) is 0 Å². The van der Waals surface area contributed by atoms with Crippen molar-refractivity contribution < 1.29 is 31.9 Å². The van der Waals surface area contributed by atoms with Crippen LogP contribution < -0.4 is 20.4 Å². The zero-order valence-electron chi connectivity index (χ0n) is 13.8. The van der Waals surface area contributed by atoms with Crippen LogP contribution in [-0.4, -0.2) is 19.4 Å². The Hall–Kier alpha value is -3.49. The largest absolute Gasteiger partial charge is 0.573 e. The number of fused-ring (bicyclic) bond motifs is 1. The van der Waals surface area contributed by atoms with Crippen LogP contribution in [0.5, 0.6) is 11.5 Å². The number of methoxy groups -OCH3 is 1. The van der Waals surface area contributed by atoms with E-state index in [-0.39, 0.29) is 16.8 Å². The van der Waals surface area contributed by atoms with Crippen LogP contribution in [0.2, 0.25) is 0 Å². The highest BCUT2D eigenvalue weighted by atomic mass is 19.4. The Balaban J connectivity index is 1.82. The van der Waals surface area contributed by atoms with Crippen molar-refractivity contribution in [2.75, 3.05) is 12.4 Å². The molecule has 9 heteroatoms. The molecule has 1 aromatic heterocycles. The van der Waals surface area contributed by atoms with Crippen molar-refractivity contribution in [1.29, 1.82) is 0 Å². The molecule has 0 spiro atoms. The van der Waals surface area contributed by atoms with Crippen LogP contribution >= 0.6 is 0 Å². The molecule has 0 saturated heterocycles. The molecule has 3 aromatic rings. The minimum absolute atomic E-state index is 0.197. The monoisotopic (exact) mass is 379 g/mol. The SMILES string of the molecule is COc1ccc2c(=O)oc(C(=O)Nc3ccc(OC(F)(F)F)cc3)cc2c1. The van der Waals surface area contributed by atoms with Crippen LogP contribution in [0.25, 0.3) is 10.8 Å². The third kappa shape index (κ3) is 4.38. The summed E-state index contributed by atoms with van der Waals surface area (Å²) in [6.45, 7) is 0. The second-order valence-electron chi connectivity index (χ2n) is 5.38. The van der Waals surface area contributed by atoms with Crippen molar-refractivity contribution >= 4 is 22.4 Å². The molecule has 0 unspecified atom stereocenters. The zero-order valence-corrected chi connectivity index (χ0v) is 13.8. The maximum Gasteiger partial charge on any atom is 0.573 e. The van der Waals surface area contributed by atoms with Gasteiger partial charge in [0.2, 0.25) is 0 Å². The van der Waals surface area contributed by atoms with Gasteiger partial charge in [0, 0.05) is 5.69 Å². The third-order valence-electron chi connectivity index (χ3n) is 3.54. The molecule has 6 nitrogen and oxygen atoms in total. The normalized spacial score (nSPS) is 11.3. The Morgan fingerprint density at radius 1 is 1.04 bits per heavy atom. The first-order chi connectivity index (χ1) is 12.7. The maximum atomic E-state index is 12.3. The molecule has 0 bridgehead atoms. The number of rotatable bonds is 4. The summed E-state index contributed by atoms with van der Waals surface area (Å²) in [4.78, 5) is 24.3. The second kappa shape index (κ2) is 7.02. The average molecular weight is 379 g/mol. The van der Waals surface area contributed by atoms with Gasteiger partial charge in [-0.25, -0.2) is 4.79 Å². The quantitative estimate of drug-likeness (QED) is 0.743. The molecule has 0 aliphatic heterocycles. The van der Waals surface area contributed by atoms with E-state index in [1.165, 1.54) is 31.4 Å². The Bertz CT molecular complexity index is 1040. The molecule has 27 heavy (non-hydrogen) atoms. The van der Waals surface area contributed by atoms with Crippen LogP contribution in [0, 0.1) is 0 Å². The molecule has 1 N–H and O–H groups in total. The first-order valence-corrected chi connectivity index (χ1v) is 7.54. The number of halogens is 3. The van der Waals surface area contributed by atoms with Crippen LogP contribution in [0.15, 0.2) is 57.7 Å². The van der Waals surface area contributed by atoms with E-state index in [2.05, 4.69) is 10.1 Å². The number of nitrogens with one attached hydrogen (secondary N) is 1. The van der Waals surface area contributed by atoms with Gasteiger partial charge in [-0.3, -0.25) is 4.79 Å². The predicted octanol–water partition coefficient (Wildman–Crippen LogP) is 3.95. The molecule has 2 aromatic carbocycles. The van der Waals surface area contributed by atoms with Crippen LogP contribution in [0.4, 0.5) is 18.9 Å². The molecule has 1 heterocycles. The van der Waals surface area contributed by atoms with Crippen molar-refractivity contribution in [2.45, 2.75) is 6.36 Å². The topological polar surface area (TPSA) is 77.8 Å². The molecule has 140 valence electrons. The minimum Gasteiger partial charge on any atom is -0.497 e. The lowest BCUT2D eigenvalue weighted by Crippen LogP contribution is -2.17. The molecule has 1 amide bonds. The van der Waals surface area contributed by atoms with Gasteiger partial charge in [-0.1, -0.05) is 0 Å². The molecular weight excluding hydrogens is 367 g/mol. The van der Waals surface area contributed by atoms with Crippen LogP contribution in [0.3, 0.4) is 0 Å². The van der Waals surface area contributed by atoms with E-state index in [4.69, 9.17) is 9.15 Å². The fourth-order valence-electron chi connectivity index (χ4n) is 2.34. The van der Waals surface area contributed by atoms with Gasteiger partial charge >= 0.3 is 12.0 Å². The highest BCUT2D eigenvalue weighted by molar-refractivity contribution is 6.04. The molecule has 0 atom stereocenters. The minimum atomic E-state index is -4.81. The summed E-state index contributed by atoms with van der Waals surface area (Å²) in [5, 5.41) is 3.16. The first kappa shape index (κ1) is 18.3. The lowest BCUT2D eigenvalue weighted by molar-refractivity contribution is -0.274. The van der Waals surface area contributed by atoms with Gasteiger partial charge in [-0.15, -0.1) is 13.2 Å². The summed E-state index contributed by atoms with van der Waals surface area (Å²) < 4.78 is 50.3. The number of benzene rings is 2. The molecule has 0 aliphatic rings. The van der Waals surface area contributed by atoms with Gasteiger partial charge in [-0.2, -0.15) is 0 Å². The molecule has 0 fully saturated rings. The van der Waals surface area contributed by atoms with Crippen molar-refractivity contribution in [3.05, 3.63) is 64.7 Å². The zero-order chi connectivity index (χ0) is 19.6. The number of ether oxygens (including phenoxy) is 2.